The summed E-state index contributed by atoms with van der Waals surface area (Å²) in [5.74, 6) is -0.947. The summed E-state index contributed by atoms with van der Waals surface area (Å²) in [6, 6.07) is 7.91. The molecule has 1 aliphatic heterocycles. The van der Waals surface area contributed by atoms with E-state index >= 15 is 0 Å². The van der Waals surface area contributed by atoms with Gasteiger partial charge in [0.2, 0.25) is 5.91 Å². The van der Waals surface area contributed by atoms with Crippen molar-refractivity contribution in [1.82, 2.24) is 4.90 Å². The lowest BCUT2D eigenvalue weighted by Gasteiger charge is -2.21. The third-order valence-corrected chi connectivity index (χ3v) is 3.88. The lowest BCUT2D eigenvalue weighted by molar-refractivity contribution is -0.139. The van der Waals surface area contributed by atoms with E-state index in [9.17, 15) is 9.59 Å². The second-order valence-electron chi connectivity index (χ2n) is 5.35. The molecule has 1 heterocycles. The highest BCUT2D eigenvalue weighted by atomic mass is 16.4. The Labute approximate surface area is 125 Å². The topological polar surface area (TPSA) is 57.6 Å². The van der Waals surface area contributed by atoms with E-state index in [1.54, 1.807) is 17.1 Å². The molecule has 0 radical (unpaired) electrons. The Morgan fingerprint density at radius 1 is 1.33 bits per heavy atom. The summed E-state index contributed by atoms with van der Waals surface area (Å²) in [6.45, 7) is 2.75. The molecule has 21 heavy (non-hydrogen) atoms. The molecular weight excluding hydrogens is 266 g/mol. The second kappa shape index (κ2) is 7.07. The molecule has 0 bridgehead atoms. The Hall–Kier alpha value is -2.10. The summed E-state index contributed by atoms with van der Waals surface area (Å²) in [6.07, 6.45) is 6.01. The third-order valence-electron chi connectivity index (χ3n) is 3.88. The molecule has 4 nitrogen and oxygen atoms in total. The van der Waals surface area contributed by atoms with Crippen LogP contribution < -0.4 is 0 Å². The van der Waals surface area contributed by atoms with Crippen LogP contribution in [-0.2, 0) is 16.0 Å². The van der Waals surface area contributed by atoms with Crippen LogP contribution in [-0.4, -0.2) is 34.5 Å². The van der Waals surface area contributed by atoms with Crippen LogP contribution in [0.4, 0.5) is 0 Å². The van der Waals surface area contributed by atoms with E-state index in [0.717, 1.165) is 24.8 Å². The van der Waals surface area contributed by atoms with Crippen molar-refractivity contribution in [2.24, 2.45) is 0 Å². The molecule has 1 unspecified atom stereocenters. The van der Waals surface area contributed by atoms with Crippen LogP contribution in [0.15, 0.2) is 30.3 Å². The highest BCUT2D eigenvalue weighted by Gasteiger charge is 2.28. The normalized spacial score (nSPS) is 18.3. The first-order valence-electron chi connectivity index (χ1n) is 7.39. The standard InChI is InChI=1S/C17H21NO3/c1-2-13-5-7-14(8-6-13)9-10-16(19)18-11-3-4-15(18)12-17(20)21/h5-10,15H,2-4,11-12H2,1H3,(H,20,21). The SMILES string of the molecule is CCc1ccc(C=CC(=O)N2CCCC2CC(=O)O)cc1. The van der Waals surface area contributed by atoms with Gasteiger partial charge in [0, 0.05) is 18.7 Å². The Balaban J connectivity index is 1.99. The molecule has 2 rings (SSSR count). The van der Waals surface area contributed by atoms with E-state index in [1.165, 1.54) is 5.56 Å². The number of carboxylic acids is 1. The van der Waals surface area contributed by atoms with Gasteiger partial charge in [-0.15, -0.1) is 0 Å². The summed E-state index contributed by atoms with van der Waals surface area (Å²) >= 11 is 0. The molecular formula is C17H21NO3. The van der Waals surface area contributed by atoms with Crippen molar-refractivity contribution in [2.45, 2.75) is 38.6 Å². The average Bonchev–Trinajstić information content (AvgIpc) is 2.92. The smallest absolute Gasteiger partial charge is 0.305 e. The van der Waals surface area contributed by atoms with Crippen molar-refractivity contribution in [3.8, 4) is 0 Å². The van der Waals surface area contributed by atoms with Crippen LogP contribution in [0.25, 0.3) is 6.08 Å². The minimum atomic E-state index is -0.848. The van der Waals surface area contributed by atoms with Crippen molar-refractivity contribution in [1.29, 1.82) is 0 Å². The van der Waals surface area contributed by atoms with E-state index in [-0.39, 0.29) is 18.4 Å². The number of aryl methyl sites for hydroxylation is 1. The summed E-state index contributed by atoms with van der Waals surface area (Å²) in [5, 5.41) is 8.87. The number of carbonyl (C=O) groups is 2. The van der Waals surface area contributed by atoms with Gasteiger partial charge in [-0.3, -0.25) is 9.59 Å². The first kappa shape index (κ1) is 15.3. The van der Waals surface area contributed by atoms with Gasteiger partial charge in [0.05, 0.1) is 6.42 Å². The number of benzene rings is 1. The molecule has 1 atom stereocenters. The van der Waals surface area contributed by atoms with E-state index in [0.29, 0.717) is 6.54 Å². The first-order chi connectivity index (χ1) is 10.1. The summed E-state index contributed by atoms with van der Waals surface area (Å²) in [4.78, 5) is 24.7. The fourth-order valence-corrected chi connectivity index (χ4v) is 2.67. The number of hydrogen-bond donors (Lipinski definition) is 1. The van der Waals surface area contributed by atoms with Crippen molar-refractivity contribution in [3.05, 3.63) is 41.5 Å². The molecule has 1 aromatic carbocycles. The zero-order chi connectivity index (χ0) is 15.2. The van der Waals surface area contributed by atoms with Crippen LogP contribution in [0, 0.1) is 0 Å². The van der Waals surface area contributed by atoms with Gasteiger partial charge in [-0.05, 0) is 36.5 Å². The number of hydrogen-bond acceptors (Lipinski definition) is 2. The molecule has 0 spiro atoms. The van der Waals surface area contributed by atoms with Gasteiger partial charge in [0.25, 0.3) is 0 Å². The van der Waals surface area contributed by atoms with Crippen molar-refractivity contribution >= 4 is 18.0 Å². The van der Waals surface area contributed by atoms with E-state index in [4.69, 9.17) is 5.11 Å². The van der Waals surface area contributed by atoms with Gasteiger partial charge in [0.1, 0.15) is 0 Å². The minimum absolute atomic E-state index is 0.0325. The lowest BCUT2D eigenvalue weighted by atomic mass is 10.1. The number of rotatable bonds is 5. The molecule has 1 aliphatic rings. The van der Waals surface area contributed by atoms with Crippen molar-refractivity contribution in [2.75, 3.05) is 6.54 Å². The van der Waals surface area contributed by atoms with Crippen LogP contribution in [0.1, 0.15) is 37.3 Å². The number of carboxylic acid groups (broad SMARTS) is 1. The fraction of sp³-hybridized carbons (Fsp3) is 0.412. The number of aliphatic carboxylic acids is 1. The van der Waals surface area contributed by atoms with E-state index in [2.05, 4.69) is 6.92 Å². The van der Waals surface area contributed by atoms with Crippen LogP contribution in [0.3, 0.4) is 0 Å². The molecule has 1 N–H and O–H groups in total. The molecule has 0 saturated carbocycles. The van der Waals surface area contributed by atoms with Crippen LogP contribution in [0.2, 0.25) is 0 Å². The van der Waals surface area contributed by atoms with Gasteiger partial charge >= 0.3 is 5.97 Å². The predicted octanol–water partition coefficient (Wildman–Crippen LogP) is 2.73. The molecule has 112 valence electrons. The van der Waals surface area contributed by atoms with Crippen LogP contribution >= 0.6 is 0 Å². The highest BCUT2D eigenvalue weighted by Crippen LogP contribution is 2.20. The van der Waals surface area contributed by atoms with E-state index in [1.807, 2.05) is 24.3 Å². The molecule has 4 heteroatoms. The predicted molar refractivity (Wildman–Crippen MR) is 81.8 cm³/mol. The maximum atomic E-state index is 12.2. The van der Waals surface area contributed by atoms with Gasteiger partial charge in [-0.1, -0.05) is 31.2 Å². The molecule has 0 aromatic heterocycles. The summed E-state index contributed by atoms with van der Waals surface area (Å²) in [7, 11) is 0. The molecule has 1 amide bonds. The Morgan fingerprint density at radius 2 is 2.05 bits per heavy atom. The number of nitrogens with zero attached hydrogens (tertiary/aromatic N) is 1. The monoisotopic (exact) mass is 287 g/mol. The van der Waals surface area contributed by atoms with Gasteiger partial charge < -0.3 is 10.0 Å². The molecule has 1 saturated heterocycles. The van der Waals surface area contributed by atoms with E-state index < -0.39 is 5.97 Å². The molecule has 1 fully saturated rings. The fourth-order valence-electron chi connectivity index (χ4n) is 2.67. The molecule has 0 aliphatic carbocycles. The highest BCUT2D eigenvalue weighted by molar-refractivity contribution is 5.92. The summed E-state index contributed by atoms with van der Waals surface area (Å²) in [5.41, 5.74) is 2.24. The zero-order valence-electron chi connectivity index (χ0n) is 12.3. The maximum Gasteiger partial charge on any atom is 0.305 e. The molecule has 1 aromatic rings. The van der Waals surface area contributed by atoms with Crippen molar-refractivity contribution < 1.29 is 14.7 Å². The Morgan fingerprint density at radius 3 is 2.67 bits per heavy atom. The first-order valence-corrected chi connectivity index (χ1v) is 7.39. The van der Waals surface area contributed by atoms with Gasteiger partial charge in [-0.25, -0.2) is 0 Å². The van der Waals surface area contributed by atoms with Crippen molar-refractivity contribution in [3.63, 3.8) is 0 Å². The zero-order valence-corrected chi connectivity index (χ0v) is 12.3. The van der Waals surface area contributed by atoms with Gasteiger partial charge in [0.15, 0.2) is 0 Å². The lowest BCUT2D eigenvalue weighted by Crippen LogP contribution is -2.35. The van der Waals surface area contributed by atoms with Crippen LogP contribution in [0.5, 0.6) is 0 Å². The summed E-state index contributed by atoms with van der Waals surface area (Å²) < 4.78 is 0. The maximum absolute atomic E-state index is 12.2. The average molecular weight is 287 g/mol. The Bertz CT molecular complexity index is 533. The number of likely N-dealkylation sites (tertiary alicyclic amines) is 1. The minimum Gasteiger partial charge on any atom is -0.481 e. The second-order valence-corrected chi connectivity index (χ2v) is 5.35. The third kappa shape index (κ3) is 4.18. The quantitative estimate of drug-likeness (QED) is 0.847. The largest absolute Gasteiger partial charge is 0.481 e. The Kier molecular flexibility index (Phi) is 5.14. The number of amides is 1. The van der Waals surface area contributed by atoms with Gasteiger partial charge in [-0.2, -0.15) is 0 Å². The number of carbonyl (C=O) groups excluding carboxylic acids is 1.